The summed E-state index contributed by atoms with van der Waals surface area (Å²) >= 11 is 0. The predicted octanol–water partition coefficient (Wildman–Crippen LogP) is 2.31. The van der Waals surface area contributed by atoms with E-state index < -0.39 is 0 Å². The first-order valence-corrected chi connectivity index (χ1v) is 5.42. The lowest BCUT2D eigenvalue weighted by atomic mass is 10.2. The SMILES string of the molecule is Cc1nc(-n2ncc3ccccc32)ccc1N. The maximum Gasteiger partial charge on any atom is 0.154 e. The normalized spacial score (nSPS) is 10.9. The van der Waals surface area contributed by atoms with Crippen molar-refractivity contribution in [2.75, 3.05) is 5.73 Å². The van der Waals surface area contributed by atoms with E-state index in [0.29, 0.717) is 5.69 Å². The van der Waals surface area contributed by atoms with Gasteiger partial charge in [-0.1, -0.05) is 18.2 Å². The van der Waals surface area contributed by atoms with Gasteiger partial charge in [0.05, 0.1) is 23.1 Å². The van der Waals surface area contributed by atoms with Crippen LogP contribution in [0.1, 0.15) is 5.69 Å². The van der Waals surface area contributed by atoms with E-state index in [0.717, 1.165) is 22.4 Å². The third-order valence-corrected chi connectivity index (χ3v) is 2.81. The molecule has 17 heavy (non-hydrogen) atoms. The van der Waals surface area contributed by atoms with Crippen LogP contribution < -0.4 is 5.73 Å². The van der Waals surface area contributed by atoms with E-state index in [1.807, 2.05) is 54.2 Å². The topological polar surface area (TPSA) is 56.7 Å². The first kappa shape index (κ1) is 9.84. The Labute approximate surface area is 98.7 Å². The molecule has 0 aliphatic heterocycles. The van der Waals surface area contributed by atoms with Gasteiger partial charge < -0.3 is 5.73 Å². The van der Waals surface area contributed by atoms with Gasteiger partial charge in [-0.15, -0.1) is 0 Å². The van der Waals surface area contributed by atoms with Gasteiger partial charge >= 0.3 is 0 Å². The Balaban J connectivity index is 2.24. The molecule has 84 valence electrons. The molecule has 4 nitrogen and oxygen atoms in total. The Bertz CT molecular complexity index is 685. The molecule has 0 amide bonds. The van der Waals surface area contributed by atoms with Crippen LogP contribution in [-0.4, -0.2) is 14.8 Å². The fourth-order valence-corrected chi connectivity index (χ4v) is 1.83. The van der Waals surface area contributed by atoms with Crippen LogP contribution in [0.5, 0.6) is 0 Å². The number of benzene rings is 1. The summed E-state index contributed by atoms with van der Waals surface area (Å²) in [5.41, 5.74) is 8.33. The number of fused-ring (bicyclic) bond motifs is 1. The molecule has 4 heteroatoms. The maximum absolute atomic E-state index is 5.76. The van der Waals surface area contributed by atoms with E-state index in [2.05, 4.69) is 10.1 Å². The molecule has 2 heterocycles. The number of nitrogens with zero attached hydrogens (tertiary/aromatic N) is 3. The number of nitrogen functional groups attached to an aromatic ring is 1. The van der Waals surface area contributed by atoms with E-state index >= 15 is 0 Å². The number of anilines is 1. The fourth-order valence-electron chi connectivity index (χ4n) is 1.83. The number of hydrogen-bond acceptors (Lipinski definition) is 3. The highest BCUT2D eigenvalue weighted by Gasteiger charge is 2.06. The lowest BCUT2D eigenvalue weighted by Crippen LogP contribution is -2.02. The lowest BCUT2D eigenvalue weighted by Gasteiger charge is -2.05. The van der Waals surface area contributed by atoms with Crippen molar-refractivity contribution in [2.45, 2.75) is 6.92 Å². The minimum atomic E-state index is 0.699. The molecule has 1 aromatic carbocycles. The van der Waals surface area contributed by atoms with Gasteiger partial charge in [-0.05, 0) is 25.1 Å². The zero-order valence-corrected chi connectivity index (χ0v) is 9.46. The molecule has 3 rings (SSSR count). The van der Waals surface area contributed by atoms with Crippen molar-refractivity contribution in [3.8, 4) is 5.82 Å². The fraction of sp³-hybridized carbons (Fsp3) is 0.0769. The molecule has 0 radical (unpaired) electrons. The molecule has 0 bridgehead atoms. The summed E-state index contributed by atoms with van der Waals surface area (Å²) in [7, 11) is 0. The Morgan fingerprint density at radius 2 is 1.94 bits per heavy atom. The minimum Gasteiger partial charge on any atom is -0.397 e. The average Bonchev–Trinajstić information content (AvgIpc) is 2.76. The molecular weight excluding hydrogens is 212 g/mol. The highest BCUT2D eigenvalue weighted by atomic mass is 15.3. The predicted molar refractivity (Wildman–Crippen MR) is 68.0 cm³/mol. The first-order chi connectivity index (χ1) is 8.25. The maximum atomic E-state index is 5.76. The van der Waals surface area contributed by atoms with Gasteiger partial charge in [-0.3, -0.25) is 0 Å². The lowest BCUT2D eigenvalue weighted by molar-refractivity contribution is 0.868. The quantitative estimate of drug-likeness (QED) is 0.690. The van der Waals surface area contributed by atoms with Crippen LogP contribution in [0.4, 0.5) is 5.69 Å². The molecule has 3 aromatic rings. The van der Waals surface area contributed by atoms with Crippen molar-refractivity contribution in [3.05, 3.63) is 48.3 Å². The summed E-state index contributed by atoms with van der Waals surface area (Å²) < 4.78 is 1.82. The van der Waals surface area contributed by atoms with Crippen LogP contribution in [0.2, 0.25) is 0 Å². The molecule has 2 aromatic heterocycles. The smallest absolute Gasteiger partial charge is 0.154 e. The van der Waals surface area contributed by atoms with Gasteiger partial charge in [0.2, 0.25) is 0 Å². The molecule has 0 saturated heterocycles. The molecule has 0 spiro atoms. The number of pyridine rings is 1. The molecule has 0 unspecified atom stereocenters. The summed E-state index contributed by atoms with van der Waals surface area (Å²) in [6.07, 6.45) is 1.84. The highest BCUT2D eigenvalue weighted by molar-refractivity contribution is 5.79. The van der Waals surface area contributed by atoms with Crippen molar-refractivity contribution in [1.82, 2.24) is 14.8 Å². The monoisotopic (exact) mass is 224 g/mol. The van der Waals surface area contributed by atoms with E-state index in [-0.39, 0.29) is 0 Å². The highest BCUT2D eigenvalue weighted by Crippen LogP contribution is 2.18. The van der Waals surface area contributed by atoms with Crippen molar-refractivity contribution in [3.63, 3.8) is 0 Å². The van der Waals surface area contributed by atoms with Gasteiger partial charge in [-0.25, -0.2) is 9.67 Å². The summed E-state index contributed by atoms with van der Waals surface area (Å²) in [4.78, 5) is 4.44. The van der Waals surface area contributed by atoms with Gasteiger partial charge in [0.25, 0.3) is 0 Å². The van der Waals surface area contributed by atoms with E-state index in [1.165, 1.54) is 0 Å². The largest absolute Gasteiger partial charge is 0.397 e. The van der Waals surface area contributed by atoms with Crippen molar-refractivity contribution in [1.29, 1.82) is 0 Å². The second kappa shape index (κ2) is 3.59. The van der Waals surface area contributed by atoms with Gasteiger partial charge in [0, 0.05) is 5.39 Å². The third kappa shape index (κ3) is 1.54. The zero-order chi connectivity index (χ0) is 11.8. The van der Waals surface area contributed by atoms with Gasteiger partial charge in [0.1, 0.15) is 0 Å². The van der Waals surface area contributed by atoms with Crippen LogP contribution in [0, 0.1) is 6.92 Å². The molecule has 2 N–H and O–H groups in total. The number of rotatable bonds is 1. The van der Waals surface area contributed by atoms with Crippen LogP contribution in [0.15, 0.2) is 42.6 Å². The second-order valence-electron chi connectivity index (χ2n) is 3.96. The number of hydrogen-bond donors (Lipinski definition) is 1. The van der Waals surface area contributed by atoms with Gasteiger partial charge in [-0.2, -0.15) is 5.10 Å². The molecule has 0 aliphatic carbocycles. The van der Waals surface area contributed by atoms with Crippen LogP contribution in [-0.2, 0) is 0 Å². The summed E-state index contributed by atoms with van der Waals surface area (Å²) in [6.45, 7) is 1.89. The number of nitrogens with two attached hydrogens (primary N) is 1. The summed E-state index contributed by atoms with van der Waals surface area (Å²) in [5, 5.41) is 5.45. The van der Waals surface area contributed by atoms with E-state index in [1.54, 1.807) is 0 Å². The number of aryl methyl sites for hydroxylation is 1. The number of aromatic nitrogens is 3. The van der Waals surface area contributed by atoms with Gasteiger partial charge in [0.15, 0.2) is 5.82 Å². The average molecular weight is 224 g/mol. The van der Waals surface area contributed by atoms with E-state index in [9.17, 15) is 0 Å². The Morgan fingerprint density at radius 1 is 1.12 bits per heavy atom. The van der Waals surface area contributed by atoms with Crippen LogP contribution >= 0.6 is 0 Å². The summed E-state index contributed by atoms with van der Waals surface area (Å²) in [6, 6.07) is 11.8. The third-order valence-electron chi connectivity index (χ3n) is 2.81. The standard InChI is InChI=1S/C13H12N4/c1-9-11(14)6-7-13(16-9)17-12-5-3-2-4-10(12)8-15-17/h2-8H,14H2,1H3. The molecule has 0 aliphatic rings. The number of para-hydroxylation sites is 1. The summed E-state index contributed by atoms with van der Waals surface area (Å²) in [5.74, 6) is 0.790. The Kier molecular flexibility index (Phi) is 2.08. The molecular formula is C13H12N4. The minimum absolute atomic E-state index is 0.699. The Morgan fingerprint density at radius 3 is 2.76 bits per heavy atom. The molecule has 0 atom stereocenters. The molecule has 0 saturated carbocycles. The van der Waals surface area contributed by atoms with Crippen molar-refractivity contribution >= 4 is 16.6 Å². The van der Waals surface area contributed by atoms with Crippen molar-refractivity contribution < 1.29 is 0 Å². The van der Waals surface area contributed by atoms with E-state index in [4.69, 9.17) is 5.73 Å². The first-order valence-electron chi connectivity index (χ1n) is 5.42. The van der Waals surface area contributed by atoms with Crippen LogP contribution in [0.25, 0.3) is 16.7 Å². The molecule has 0 fully saturated rings. The Hall–Kier alpha value is -2.36. The van der Waals surface area contributed by atoms with Crippen molar-refractivity contribution in [2.24, 2.45) is 0 Å². The van der Waals surface area contributed by atoms with Crippen LogP contribution in [0.3, 0.4) is 0 Å². The second-order valence-corrected chi connectivity index (χ2v) is 3.96. The zero-order valence-electron chi connectivity index (χ0n) is 9.46.